The molecule has 4 nitrogen and oxygen atoms in total. The zero-order chi connectivity index (χ0) is 12.1. The van der Waals surface area contributed by atoms with Crippen LogP contribution in [0.15, 0.2) is 18.2 Å². The highest BCUT2D eigenvalue weighted by atomic mass is 16.6. The number of carbonyl (C=O) groups excluding carboxylic acids is 2. The minimum atomic E-state index is -0.667. The van der Waals surface area contributed by atoms with Crippen LogP contribution in [0.2, 0.25) is 0 Å². The van der Waals surface area contributed by atoms with Crippen LogP contribution >= 0.6 is 0 Å². The Morgan fingerprint density at radius 2 is 2.06 bits per heavy atom. The molecule has 86 valence electrons. The van der Waals surface area contributed by atoms with Crippen molar-refractivity contribution >= 4 is 11.9 Å². The van der Waals surface area contributed by atoms with E-state index in [0.29, 0.717) is 17.5 Å². The smallest absolute Gasteiger partial charge is 0.346 e. The van der Waals surface area contributed by atoms with E-state index in [-0.39, 0.29) is 6.61 Å². The lowest BCUT2D eigenvalue weighted by Gasteiger charge is -2.10. The fraction of sp³-hybridized carbons (Fsp3) is 0.333. The molecule has 0 unspecified atom stereocenters. The molecule has 0 aliphatic rings. The quantitative estimate of drug-likeness (QED) is 0.621. The second-order valence-corrected chi connectivity index (χ2v) is 3.34. The molecule has 0 radical (unpaired) electrons. The predicted octanol–water partition coefficient (Wildman–Crippen LogP) is 1.44. The fourth-order valence-electron chi connectivity index (χ4n) is 1.58. The summed E-state index contributed by atoms with van der Waals surface area (Å²) < 4.78 is 4.52. The summed E-state index contributed by atoms with van der Waals surface area (Å²) in [5, 5.41) is 9.12. The number of rotatable bonds is 3. The van der Waals surface area contributed by atoms with E-state index in [1.165, 1.54) is 6.92 Å². The standard InChI is InChI=1S/C12H14O4/c1-3-10-9(7-13)5-4-6-11(10)12(15)16-8(2)14/h4-6,13H,3,7H2,1-2H3. The maximum atomic E-state index is 11.6. The summed E-state index contributed by atoms with van der Waals surface area (Å²) in [6.07, 6.45) is 0.596. The average Bonchev–Trinajstić information content (AvgIpc) is 2.26. The van der Waals surface area contributed by atoms with Gasteiger partial charge in [0.05, 0.1) is 12.2 Å². The van der Waals surface area contributed by atoms with Crippen LogP contribution in [0, 0.1) is 0 Å². The molecule has 0 aliphatic carbocycles. The largest absolute Gasteiger partial charge is 0.392 e. The molecule has 0 saturated carbocycles. The lowest BCUT2D eigenvalue weighted by molar-refractivity contribution is -0.135. The Morgan fingerprint density at radius 3 is 2.56 bits per heavy atom. The molecule has 0 saturated heterocycles. The van der Waals surface area contributed by atoms with Crippen molar-refractivity contribution in [3.8, 4) is 0 Å². The SMILES string of the molecule is CCc1c(CO)cccc1C(=O)OC(C)=O. The number of esters is 2. The Hall–Kier alpha value is -1.68. The van der Waals surface area contributed by atoms with Crippen LogP contribution in [-0.4, -0.2) is 17.0 Å². The Balaban J connectivity index is 3.12. The number of aliphatic hydroxyl groups excluding tert-OH is 1. The first kappa shape index (κ1) is 12.4. The zero-order valence-electron chi connectivity index (χ0n) is 9.32. The topological polar surface area (TPSA) is 63.6 Å². The molecule has 0 heterocycles. The van der Waals surface area contributed by atoms with Crippen LogP contribution in [0.5, 0.6) is 0 Å². The van der Waals surface area contributed by atoms with Crippen molar-refractivity contribution in [2.75, 3.05) is 0 Å². The molecule has 1 N–H and O–H groups in total. The van der Waals surface area contributed by atoms with E-state index < -0.39 is 11.9 Å². The van der Waals surface area contributed by atoms with Crippen molar-refractivity contribution in [3.05, 3.63) is 34.9 Å². The summed E-state index contributed by atoms with van der Waals surface area (Å²) in [4.78, 5) is 22.3. The molecule has 0 atom stereocenters. The minimum absolute atomic E-state index is 0.135. The van der Waals surface area contributed by atoms with E-state index in [1.807, 2.05) is 6.92 Å². The van der Waals surface area contributed by atoms with Crippen molar-refractivity contribution < 1.29 is 19.4 Å². The lowest BCUT2D eigenvalue weighted by Crippen LogP contribution is -2.12. The Kier molecular flexibility index (Phi) is 4.19. The van der Waals surface area contributed by atoms with Gasteiger partial charge in [0.25, 0.3) is 0 Å². The van der Waals surface area contributed by atoms with Crippen molar-refractivity contribution in [2.45, 2.75) is 26.9 Å². The molecular weight excluding hydrogens is 208 g/mol. The third-order valence-corrected chi connectivity index (χ3v) is 2.25. The highest BCUT2D eigenvalue weighted by Crippen LogP contribution is 2.17. The van der Waals surface area contributed by atoms with Gasteiger partial charge in [-0.3, -0.25) is 4.79 Å². The maximum absolute atomic E-state index is 11.6. The summed E-state index contributed by atoms with van der Waals surface area (Å²) >= 11 is 0. The van der Waals surface area contributed by atoms with E-state index in [1.54, 1.807) is 18.2 Å². The Bertz CT molecular complexity index is 409. The Morgan fingerprint density at radius 1 is 1.38 bits per heavy atom. The first-order valence-corrected chi connectivity index (χ1v) is 5.04. The van der Waals surface area contributed by atoms with Gasteiger partial charge in [-0.2, -0.15) is 0 Å². The van der Waals surface area contributed by atoms with Crippen molar-refractivity contribution in [1.82, 2.24) is 0 Å². The van der Waals surface area contributed by atoms with Crippen LogP contribution in [0.25, 0.3) is 0 Å². The summed E-state index contributed by atoms with van der Waals surface area (Å²) in [6, 6.07) is 4.98. The van der Waals surface area contributed by atoms with Gasteiger partial charge in [-0.1, -0.05) is 19.1 Å². The molecule has 0 aliphatic heterocycles. The predicted molar refractivity (Wildman–Crippen MR) is 57.8 cm³/mol. The molecule has 0 fully saturated rings. The molecular formula is C12H14O4. The molecule has 0 aromatic heterocycles. The highest BCUT2D eigenvalue weighted by Gasteiger charge is 2.15. The van der Waals surface area contributed by atoms with Gasteiger partial charge in [0.2, 0.25) is 0 Å². The molecule has 1 aromatic carbocycles. The Labute approximate surface area is 93.9 Å². The van der Waals surface area contributed by atoms with E-state index in [9.17, 15) is 9.59 Å². The van der Waals surface area contributed by atoms with E-state index >= 15 is 0 Å². The number of ether oxygens (including phenoxy) is 1. The van der Waals surface area contributed by atoms with Crippen molar-refractivity contribution in [3.63, 3.8) is 0 Å². The molecule has 0 amide bonds. The lowest BCUT2D eigenvalue weighted by atomic mass is 9.99. The van der Waals surface area contributed by atoms with Gasteiger partial charge in [-0.25, -0.2) is 4.79 Å². The van der Waals surface area contributed by atoms with Crippen LogP contribution in [0.1, 0.15) is 35.3 Å². The monoisotopic (exact) mass is 222 g/mol. The van der Waals surface area contributed by atoms with Gasteiger partial charge < -0.3 is 9.84 Å². The van der Waals surface area contributed by atoms with Crippen LogP contribution < -0.4 is 0 Å². The first-order valence-electron chi connectivity index (χ1n) is 5.04. The summed E-state index contributed by atoms with van der Waals surface area (Å²) in [5.41, 5.74) is 1.74. The highest BCUT2D eigenvalue weighted by molar-refractivity contribution is 5.97. The van der Waals surface area contributed by atoms with Crippen LogP contribution in [0.3, 0.4) is 0 Å². The normalized spacial score (nSPS) is 9.94. The minimum Gasteiger partial charge on any atom is -0.392 e. The third kappa shape index (κ3) is 2.67. The van der Waals surface area contributed by atoms with Crippen LogP contribution in [-0.2, 0) is 22.6 Å². The van der Waals surface area contributed by atoms with Crippen molar-refractivity contribution in [1.29, 1.82) is 0 Å². The number of aliphatic hydroxyl groups is 1. The number of hydrogen-bond donors (Lipinski definition) is 1. The van der Waals surface area contributed by atoms with E-state index in [4.69, 9.17) is 5.11 Å². The van der Waals surface area contributed by atoms with E-state index in [2.05, 4.69) is 4.74 Å². The molecule has 0 bridgehead atoms. The average molecular weight is 222 g/mol. The number of hydrogen-bond acceptors (Lipinski definition) is 4. The first-order chi connectivity index (χ1) is 7.60. The maximum Gasteiger partial charge on any atom is 0.346 e. The molecule has 1 aromatic rings. The fourth-order valence-corrected chi connectivity index (χ4v) is 1.58. The molecule has 4 heteroatoms. The summed E-state index contributed by atoms with van der Waals surface area (Å²) in [7, 11) is 0. The van der Waals surface area contributed by atoms with Gasteiger partial charge in [-0.15, -0.1) is 0 Å². The number of benzene rings is 1. The zero-order valence-corrected chi connectivity index (χ0v) is 9.32. The van der Waals surface area contributed by atoms with Gasteiger partial charge in [-0.05, 0) is 23.6 Å². The van der Waals surface area contributed by atoms with Gasteiger partial charge in [0.15, 0.2) is 0 Å². The third-order valence-electron chi connectivity index (χ3n) is 2.25. The van der Waals surface area contributed by atoms with Gasteiger partial charge in [0, 0.05) is 6.92 Å². The summed E-state index contributed by atoms with van der Waals surface area (Å²) in [6.45, 7) is 2.92. The molecule has 1 rings (SSSR count). The van der Waals surface area contributed by atoms with Crippen LogP contribution in [0.4, 0.5) is 0 Å². The second kappa shape index (κ2) is 5.42. The van der Waals surface area contributed by atoms with Gasteiger partial charge in [0.1, 0.15) is 0 Å². The molecule has 0 spiro atoms. The second-order valence-electron chi connectivity index (χ2n) is 3.34. The molecule has 16 heavy (non-hydrogen) atoms. The number of carbonyl (C=O) groups is 2. The van der Waals surface area contributed by atoms with E-state index in [0.717, 1.165) is 5.56 Å². The van der Waals surface area contributed by atoms with Gasteiger partial charge >= 0.3 is 11.9 Å². The van der Waals surface area contributed by atoms with Crippen molar-refractivity contribution in [2.24, 2.45) is 0 Å². The summed E-state index contributed by atoms with van der Waals surface area (Å²) in [5.74, 6) is -1.30.